The molecule has 0 aliphatic carbocycles. The Kier molecular flexibility index (Phi) is 37.2. The second-order valence-corrected chi connectivity index (χ2v) is 11.1. The number of imidazole rings is 1. The van der Waals surface area contributed by atoms with Crippen LogP contribution in [-0.2, 0) is 31.0 Å². The largest absolute Gasteiger partial charge is 0.542 e. The summed E-state index contributed by atoms with van der Waals surface area (Å²) in [7, 11) is 8.16. The summed E-state index contributed by atoms with van der Waals surface area (Å²) in [6.45, 7) is 14.0. The molecule has 0 atom stereocenters. The average molecular weight is 933 g/mol. The van der Waals surface area contributed by atoms with Crippen LogP contribution in [0.5, 0.6) is 0 Å². The van der Waals surface area contributed by atoms with E-state index in [1.165, 1.54) is 6.92 Å². The molecule has 1 N–H and O–H groups in total. The van der Waals surface area contributed by atoms with E-state index in [1.807, 2.05) is 17.8 Å². The molecule has 3 aliphatic heterocycles. The molecule has 0 unspecified atom stereocenters. The van der Waals surface area contributed by atoms with Gasteiger partial charge in [0.1, 0.15) is 11.9 Å². The smallest absolute Gasteiger partial charge is 0.490 e. The number of carbonyl (C=O) groups is 4. The van der Waals surface area contributed by atoms with Crippen molar-refractivity contribution < 1.29 is 91.9 Å². The number of carboxylic acids is 3. The Morgan fingerprint density at radius 1 is 0.581 bits per heavy atom. The third kappa shape index (κ3) is 41.0. The Morgan fingerprint density at radius 2 is 0.855 bits per heavy atom. The Morgan fingerprint density at radius 3 is 0.919 bits per heavy atom. The van der Waals surface area contributed by atoms with Gasteiger partial charge in [-0.2, -0.15) is 52.7 Å². The minimum absolute atomic E-state index is 0. The van der Waals surface area contributed by atoms with Crippen LogP contribution in [0.4, 0.5) is 52.7 Å². The van der Waals surface area contributed by atoms with Crippen LogP contribution in [0.25, 0.3) is 0 Å². The zero-order chi connectivity index (χ0) is 48.1. The van der Waals surface area contributed by atoms with Crippen molar-refractivity contribution in [2.24, 2.45) is 7.05 Å². The van der Waals surface area contributed by atoms with Crippen LogP contribution in [0.1, 0.15) is 42.5 Å². The predicted octanol–water partition coefficient (Wildman–Crippen LogP) is 4.08. The monoisotopic (exact) mass is 932 g/mol. The van der Waals surface area contributed by atoms with Gasteiger partial charge in [0, 0.05) is 97.4 Å². The number of nitrogens with zero attached hydrogens (tertiary/aromatic N) is 8. The van der Waals surface area contributed by atoms with Gasteiger partial charge in [0.25, 0.3) is 0 Å². The third-order valence-electron chi connectivity index (χ3n) is 5.88. The van der Waals surface area contributed by atoms with E-state index in [2.05, 4.69) is 118 Å². The summed E-state index contributed by atoms with van der Waals surface area (Å²) < 4.78 is 134. The summed E-state index contributed by atoms with van der Waals surface area (Å²) in [6.07, 6.45) is -2.34. The summed E-state index contributed by atoms with van der Waals surface area (Å²) in [5.74, 6) is -10.9. The highest BCUT2D eigenvalue weighted by Gasteiger charge is 2.40. The molecular formula is C34H56F12N8O8-2. The van der Waals surface area contributed by atoms with Crippen molar-refractivity contribution in [1.82, 2.24) is 39.0 Å². The normalized spacial score (nSPS) is 13.4. The number of hydrogen-bond acceptors (Lipinski definition) is 14. The van der Waals surface area contributed by atoms with Crippen LogP contribution in [0.3, 0.4) is 0 Å². The van der Waals surface area contributed by atoms with Crippen LogP contribution in [-0.4, -0.2) is 160 Å². The van der Waals surface area contributed by atoms with E-state index in [9.17, 15) is 57.5 Å². The van der Waals surface area contributed by atoms with E-state index in [4.69, 9.17) is 29.7 Å². The molecule has 4 rings (SSSR count). The summed E-state index contributed by atoms with van der Waals surface area (Å²) >= 11 is 0. The maximum atomic E-state index is 11.2. The molecule has 366 valence electrons. The SMILES string of the molecule is C.C.CCN1C=CN(C)C1.CCN1C=CN(C)C1.CCN1C=CN(C)C1.CCOC(=O)C(F)(F)F.Cn1ccnc1.O=C(O)C(F)(F)F.O=C([O-])C(F)(F)F.O=C([O-])C(F)(F)F. The molecule has 4 heterocycles. The molecule has 28 heteroatoms. The number of ether oxygens (including phenoxy) is 1. The van der Waals surface area contributed by atoms with Gasteiger partial charge in [0.15, 0.2) is 0 Å². The lowest BCUT2D eigenvalue weighted by atomic mass is 10.6. The quantitative estimate of drug-likeness (QED) is 0.337. The van der Waals surface area contributed by atoms with Gasteiger partial charge < -0.3 is 63.6 Å². The summed E-state index contributed by atoms with van der Waals surface area (Å²) in [6, 6.07) is 0. The zero-order valence-electron chi connectivity index (χ0n) is 33.6. The van der Waals surface area contributed by atoms with E-state index in [0.717, 1.165) is 39.6 Å². The second-order valence-electron chi connectivity index (χ2n) is 11.1. The van der Waals surface area contributed by atoms with Crippen molar-refractivity contribution in [2.75, 3.05) is 67.4 Å². The fraction of sp³-hybridized carbons (Fsp3) is 0.618. The number of carbonyl (C=O) groups excluding carboxylic acids is 3. The van der Waals surface area contributed by atoms with Crippen molar-refractivity contribution in [1.29, 1.82) is 0 Å². The van der Waals surface area contributed by atoms with Crippen molar-refractivity contribution in [2.45, 2.75) is 67.3 Å². The molecule has 0 amide bonds. The molecule has 62 heavy (non-hydrogen) atoms. The van der Waals surface area contributed by atoms with Gasteiger partial charge in [-0.1, -0.05) is 14.9 Å². The molecule has 0 bridgehead atoms. The van der Waals surface area contributed by atoms with Crippen molar-refractivity contribution in [3.8, 4) is 0 Å². The van der Waals surface area contributed by atoms with E-state index in [0.29, 0.717) is 0 Å². The molecule has 0 fully saturated rings. The molecular weight excluding hydrogens is 876 g/mol. The molecule has 0 saturated heterocycles. The van der Waals surface area contributed by atoms with Gasteiger partial charge in [-0.3, -0.25) is 0 Å². The minimum atomic E-state index is -5.19. The number of esters is 1. The summed E-state index contributed by atoms with van der Waals surface area (Å²) in [5.41, 5.74) is 0. The van der Waals surface area contributed by atoms with E-state index in [1.54, 1.807) is 12.5 Å². The first-order valence-electron chi connectivity index (χ1n) is 16.6. The van der Waals surface area contributed by atoms with Crippen LogP contribution in [0.15, 0.2) is 55.9 Å². The maximum absolute atomic E-state index is 11.2. The lowest BCUT2D eigenvalue weighted by molar-refractivity contribution is -0.344. The first-order valence-corrected chi connectivity index (χ1v) is 16.6. The van der Waals surface area contributed by atoms with Gasteiger partial charge in [-0.25, -0.2) is 14.6 Å². The Balaban J connectivity index is -0.000000144. The fourth-order valence-corrected chi connectivity index (χ4v) is 2.92. The van der Waals surface area contributed by atoms with Crippen molar-refractivity contribution in [3.63, 3.8) is 0 Å². The van der Waals surface area contributed by atoms with Gasteiger partial charge in [0.2, 0.25) is 0 Å². The summed E-state index contributed by atoms with van der Waals surface area (Å²) in [5, 5.41) is 24.7. The third-order valence-corrected chi connectivity index (χ3v) is 5.88. The predicted molar refractivity (Wildman–Crippen MR) is 198 cm³/mol. The topological polar surface area (TPSA) is 181 Å². The highest BCUT2D eigenvalue weighted by atomic mass is 19.4. The molecule has 0 radical (unpaired) electrons. The number of carboxylic acid groups (broad SMARTS) is 3. The van der Waals surface area contributed by atoms with E-state index < -0.39 is 48.6 Å². The van der Waals surface area contributed by atoms with Crippen LogP contribution >= 0.6 is 0 Å². The molecule has 1 aromatic rings. The molecule has 0 aromatic carbocycles. The fourth-order valence-electron chi connectivity index (χ4n) is 2.92. The standard InChI is InChI=1S/3C6H12N2.C4H5F3O2.C4H6N2.3C2HF3O2.2CH4/c3*1-3-8-5-4-7(2)6-8;1-2-9-3(8)4(5,6)7;1-6-3-2-5-4-6;3*3-2(4,5)1(6)7;;/h3*4-5H,3,6H2,1-2H3;2H2,1H3;2-4H,1H3;3*(H,6,7);2*1H4/p-2. The number of halogens is 12. The summed E-state index contributed by atoms with van der Waals surface area (Å²) in [4.78, 5) is 53.2. The lowest BCUT2D eigenvalue weighted by Gasteiger charge is -2.14. The number of rotatable bonds is 4. The van der Waals surface area contributed by atoms with Gasteiger partial charge in [-0.05, 0) is 27.7 Å². The lowest BCUT2D eigenvalue weighted by Crippen LogP contribution is -2.37. The van der Waals surface area contributed by atoms with E-state index in [-0.39, 0.29) is 21.5 Å². The van der Waals surface area contributed by atoms with Gasteiger partial charge in [-0.15, -0.1) is 0 Å². The number of aryl methyl sites for hydroxylation is 1. The van der Waals surface area contributed by atoms with E-state index >= 15 is 0 Å². The minimum Gasteiger partial charge on any atom is -0.542 e. The van der Waals surface area contributed by atoms with Crippen LogP contribution in [0, 0.1) is 0 Å². The van der Waals surface area contributed by atoms with Gasteiger partial charge in [0.05, 0.1) is 32.9 Å². The number of hydrogen-bond donors (Lipinski definition) is 1. The number of alkyl halides is 12. The maximum Gasteiger partial charge on any atom is 0.490 e. The Labute approximate surface area is 352 Å². The van der Waals surface area contributed by atoms with Gasteiger partial charge >= 0.3 is 36.6 Å². The Bertz CT molecular complexity index is 1310. The molecule has 16 nitrogen and oxygen atoms in total. The molecule has 0 spiro atoms. The van der Waals surface area contributed by atoms with Crippen LogP contribution < -0.4 is 10.2 Å². The van der Waals surface area contributed by atoms with Crippen molar-refractivity contribution >= 4 is 23.9 Å². The number of aromatic nitrogens is 2. The first-order chi connectivity index (χ1) is 27.2. The highest BCUT2D eigenvalue weighted by Crippen LogP contribution is 2.16. The molecule has 1 aromatic heterocycles. The first kappa shape index (κ1) is 68.0. The van der Waals surface area contributed by atoms with Crippen LogP contribution in [0.2, 0.25) is 0 Å². The highest BCUT2D eigenvalue weighted by molar-refractivity contribution is 5.75. The average Bonchev–Trinajstić information content (AvgIpc) is 3.95. The molecule has 0 saturated carbocycles. The van der Waals surface area contributed by atoms with Crippen molar-refractivity contribution in [3.05, 3.63) is 55.9 Å². The zero-order valence-corrected chi connectivity index (χ0v) is 33.6. The second kappa shape index (κ2) is 33.9. The number of aliphatic carboxylic acids is 3. The Hall–Kier alpha value is -5.73. The molecule has 3 aliphatic rings.